The third-order valence-electron chi connectivity index (χ3n) is 2.39. The van der Waals surface area contributed by atoms with Gasteiger partial charge in [-0.2, -0.15) is 0 Å². The van der Waals surface area contributed by atoms with Crippen molar-refractivity contribution in [2.24, 2.45) is 5.73 Å². The molecule has 0 aromatic heterocycles. The van der Waals surface area contributed by atoms with Gasteiger partial charge in [0.25, 0.3) is 0 Å². The SMILES string of the molecule is COc1cc(C(CN)OC)ccc1SCCF. The van der Waals surface area contributed by atoms with E-state index in [2.05, 4.69) is 0 Å². The van der Waals surface area contributed by atoms with Gasteiger partial charge in [-0.05, 0) is 17.7 Å². The Morgan fingerprint density at radius 3 is 2.71 bits per heavy atom. The van der Waals surface area contributed by atoms with Gasteiger partial charge in [0, 0.05) is 24.3 Å². The number of alkyl halides is 1. The Kier molecular flexibility index (Phi) is 6.32. The summed E-state index contributed by atoms with van der Waals surface area (Å²) in [6, 6.07) is 5.74. The summed E-state index contributed by atoms with van der Waals surface area (Å²) in [6.45, 7) is 0.0652. The molecule has 0 radical (unpaired) electrons. The fraction of sp³-hybridized carbons (Fsp3) is 0.500. The maximum atomic E-state index is 12.1. The summed E-state index contributed by atoms with van der Waals surface area (Å²) >= 11 is 1.44. The first-order valence-corrected chi connectivity index (χ1v) is 6.35. The van der Waals surface area contributed by atoms with Gasteiger partial charge >= 0.3 is 0 Å². The summed E-state index contributed by atoms with van der Waals surface area (Å²) < 4.78 is 22.7. The van der Waals surface area contributed by atoms with Crippen LogP contribution in [-0.2, 0) is 4.74 Å². The van der Waals surface area contributed by atoms with Crippen LogP contribution in [0.5, 0.6) is 5.75 Å². The van der Waals surface area contributed by atoms with E-state index in [9.17, 15) is 4.39 Å². The minimum atomic E-state index is -0.348. The molecule has 1 atom stereocenters. The first kappa shape index (κ1) is 14.3. The molecule has 1 aromatic carbocycles. The predicted molar refractivity (Wildman–Crippen MR) is 68.5 cm³/mol. The molecule has 0 amide bonds. The molecule has 1 unspecified atom stereocenters. The highest BCUT2D eigenvalue weighted by atomic mass is 32.2. The van der Waals surface area contributed by atoms with Crippen molar-refractivity contribution in [1.82, 2.24) is 0 Å². The van der Waals surface area contributed by atoms with Gasteiger partial charge in [-0.3, -0.25) is 4.39 Å². The Hall–Kier alpha value is -0.780. The van der Waals surface area contributed by atoms with Crippen molar-refractivity contribution < 1.29 is 13.9 Å². The van der Waals surface area contributed by atoms with Gasteiger partial charge in [0.2, 0.25) is 0 Å². The molecular weight excluding hydrogens is 241 g/mol. The van der Waals surface area contributed by atoms with Crippen molar-refractivity contribution in [2.75, 3.05) is 33.2 Å². The van der Waals surface area contributed by atoms with Crippen LogP contribution in [0.15, 0.2) is 23.1 Å². The van der Waals surface area contributed by atoms with Gasteiger partial charge in [0.15, 0.2) is 0 Å². The highest BCUT2D eigenvalue weighted by molar-refractivity contribution is 7.99. The molecule has 0 aliphatic heterocycles. The predicted octanol–water partition coefficient (Wildman–Crippen LogP) is 2.40. The zero-order valence-corrected chi connectivity index (χ0v) is 10.9. The van der Waals surface area contributed by atoms with Crippen LogP contribution < -0.4 is 10.5 Å². The monoisotopic (exact) mass is 259 g/mol. The van der Waals surface area contributed by atoms with Crippen LogP contribution in [0.4, 0.5) is 4.39 Å². The molecule has 0 aliphatic carbocycles. The van der Waals surface area contributed by atoms with Crippen LogP contribution >= 0.6 is 11.8 Å². The first-order valence-electron chi connectivity index (χ1n) is 5.36. The lowest BCUT2D eigenvalue weighted by Gasteiger charge is -2.16. The van der Waals surface area contributed by atoms with Crippen LogP contribution in [-0.4, -0.2) is 33.2 Å². The summed E-state index contributed by atoms with van der Waals surface area (Å²) in [5, 5.41) is 0. The van der Waals surface area contributed by atoms with Crippen molar-refractivity contribution in [1.29, 1.82) is 0 Å². The standard InChI is InChI=1S/C12H18FNO2S/c1-15-10-7-9(11(8-14)16-2)3-4-12(10)17-6-5-13/h3-4,7,11H,5-6,8,14H2,1-2H3. The van der Waals surface area contributed by atoms with E-state index in [0.717, 1.165) is 16.2 Å². The number of methoxy groups -OCH3 is 2. The summed E-state index contributed by atoms with van der Waals surface area (Å²) in [6.07, 6.45) is -0.135. The van der Waals surface area contributed by atoms with Gasteiger partial charge in [-0.1, -0.05) is 6.07 Å². The molecule has 3 nitrogen and oxygen atoms in total. The number of thioether (sulfide) groups is 1. The number of hydrogen-bond donors (Lipinski definition) is 1. The van der Waals surface area contributed by atoms with E-state index in [-0.39, 0.29) is 12.8 Å². The summed E-state index contributed by atoms with van der Waals surface area (Å²) in [4.78, 5) is 0.931. The van der Waals surface area contributed by atoms with Gasteiger partial charge in [-0.15, -0.1) is 11.8 Å². The van der Waals surface area contributed by atoms with Crippen molar-refractivity contribution in [3.63, 3.8) is 0 Å². The highest BCUT2D eigenvalue weighted by Crippen LogP contribution is 2.32. The van der Waals surface area contributed by atoms with E-state index in [1.54, 1.807) is 14.2 Å². The Morgan fingerprint density at radius 2 is 2.18 bits per heavy atom. The van der Waals surface area contributed by atoms with Crippen LogP contribution in [0.1, 0.15) is 11.7 Å². The molecule has 96 valence electrons. The fourth-order valence-electron chi connectivity index (χ4n) is 1.52. The molecule has 0 spiro atoms. The fourth-order valence-corrected chi connectivity index (χ4v) is 2.27. The lowest BCUT2D eigenvalue weighted by Crippen LogP contribution is -2.14. The van der Waals surface area contributed by atoms with E-state index in [1.807, 2.05) is 18.2 Å². The molecule has 5 heteroatoms. The second kappa shape index (κ2) is 7.53. The van der Waals surface area contributed by atoms with Crippen LogP contribution in [0.25, 0.3) is 0 Å². The van der Waals surface area contributed by atoms with Gasteiger partial charge in [0.05, 0.1) is 19.9 Å². The maximum Gasteiger partial charge on any atom is 0.132 e. The molecular formula is C12H18FNO2S. The summed E-state index contributed by atoms with van der Waals surface area (Å²) in [7, 11) is 3.22. The molecule has 1 aromatic rings. The van der Waals surface area contributed by atoms with Crippen molar-refractivity contribution >= 4 is 11.8 Å². The number of rotatable bonds is 7. The van der Waals surface area contributed by atoms with E-state index in [4.69, 9.17) is 15.2 Å². The molecule has 0 fully saturated rings. The summed E-state index contributed by atoms with van der Waals surface area (Å²) in [5.74, 6) is 1.16. The molecule has 0 saturated heterocycles. The lowest BCUT2D eigenvalue weighted by atomic mass is 10.1. The lowest BCUT2D eigenvalue weighted by molar-refractivity contribution is 0.110. The zero-order chi connectivity index (χ0) is 12.7. The third-order valence-corrected chi connectivity index (χ3v) is 3.40. The van der Waals surface area contributed by atoms with E-state index < -0.39 is 0 Å². The van der Waals surface area contributed by atoms with Crippen LogP contribution in [0.3, 0.4) is 0 Å². The topological polar surface area (TPSA) is 44.5 Å². The van der Waals surface area contributed by atoms with E-state index in [0.29, 0.717) is 12.3 Å². The average Bonchev–Trinajstić information content (AvgIpc) is 2.38. The van der Waals surface area contributed by atoms with Crippen molar-refractivity contribution in [3.8, 4) is 5.75 Å². The Morgan fingerprint density at radius 1 is 1.41 bits per heavy atom. The quantitative estimate of drug-likeness (QED) is 0.764. The first-order chi connectivity index (χ1) is 8.26. The van der Waals surface area contributed by atoms with E-state index >= 15 is 0 Å². The highest BCUT2D eigenvalue weighted by Gasteiger charge is 2.11. The summed E-state index contributed by atoms with van der Waals surface area (Å²) in [5.41, 5.74) is 6.57. The van der Waals surface area contributed by atoms with Crippen molar-refractivity contribution in [3.05, 3.63) is 23.8 Å². The van der Waals surface area contributed by atoms with E-state index in [1.165, 1.54) is 11.8 Å². The number of hydrogen-bond acceptors (Lipinski definition) is 4. The largest absolute Gasteiger partial charge is 0.496 e. The molecule has 2 N–H and O–H groups in total. The third kappa shape index (κ3) is 3.87. The molecule has 0 aliphatic rings. The molecule has 1 rings (SSSR count). The Balaban J connectivity index is 2.90. The maximum absolute atomic E-state index is 12.1. The zero-order valence-electron chi connectivity index (χ0n) is 10.1. The second-order valence-electron chi connectivity index (χ2n) is 3.41. The van der Waals surface area contributed by atoms with Crippen molar-refractivity contribution in [2.45, 2.75) is 11.0 Å². The molecule has 0 saturated carbocycles. The molecule has 0 heterocycles. The number of ether oxygens (including phenoxy) is 2. The number of halogens is 1. The van der Waals surface area contributed by atoms with Gasteiger partial charge in [-0.25, -0.2) is 0 Å². The van der Waals surface area contributed by atoms with Crippen LogP contribution in [0.2, 0.25) is 0 Å². The second-order valence-corrected chi connectivity index (χ2v) is 4.54. The minimum Gasteiger partial charge on any atom is -0.496 e. The average molecular weight is 259 g/mol. The van der Waals surface area contributed by atoms with Crippen LogP contribution in [0, 0.1) is 0 Å². The smallest absolute Gasteiger partial charge is 0.132 e. The Bertz CT molecular complexity index is 345. The Labute approximate surface area is 105 Å². The van der Waals surface area contributed by atoms with Gasteiger partial charge < -0.3 is 15.2 Å². The number of benzene rings is 1. The number of nitrogens with two attached hydrogens (primary N) is 1. The van der Waals surface area contributed by atoms with Gasteiger partial charge in [0.1, 0.15) is 5.75 Å². The normalized spacial score (nSPS) is 12.5. The minimum absolute atomic E-state index is 0.135. The molecule has 0 bridgehead atoms. The molecule has 17 heavy (non-hydrogen) atoms.